The van der Waals surface area contributed by atoms with E-state index in [-0.39, 0.29) is 11.8 Å². The Labute approximate surface area is 102 Å². The van der Waals surface area contributed by atoms with Gasteiger partial charge in [0, 0.05) is 31.1 Å². The minimum Gasteiger partial charge on any atom is -0.326 e. The van der Waals surface area contributed by atoms with Crippen molar-refractivity contribution in [2.75, 3.05) is 11.4 Å². The van der Waals surface area contributed by atoms with Gasteiger partial charge in [0.2, 0.25) is 5.91 Å². The molecule has 2 N–H and O–H groups in total. The fourth-order valence-corrected chi connectivity index (χ4v) is 2.27. The molecule has 1 aliphatic rings. The first-order chi connectivity index (χ1) is 8.15. The summed E-state index contributed by atoms with van der Waals surface area (Å²) in [6.07, 6.45) is 2.43. The number of nitrogens with two attached hydrogens (primary N) is 1. The molecule has 3 heteroatoms. The molecule has 0 aliphatic carbocycles. The molecule has 2 rings (SSSR count). The van der Waals surface area contributed by atoms with Crippen LogP contribution in [0.4, 0.5) is 5.69 Å². The first-order valence-corrected chi connectivity index (χ1v) is 5.88. The third-order valence-electron chi connectivity index (χ3n) is 3.28. The van der Waals surface area contributed by atoms with E-state index in [1.807, 2.05) is 36.1 Å². The molecule has 1 aliphatic heterocycles. The Bertz CT molecular complexity index is 454. The van der Waals surface area contributed by atoms with Gasteiger partial charge in [0.1, 0.15) is 0 Å². The number of carbonyl (C=O) groups is 1. The van der Waals surface area contributed by atoms with E-state index in [0.717, 1.165) is 23.4 Å². The lowest BCUT2D eigenvalue weighted by molar-refractivity contribution is -0.117. The third kappa shape index (κ3) is 2.24. The highest BCUT2D eigenvalue weighted by atomic mass is 16.2. The van der Waals surface area contributed by atoms with E-state index < -0.39 is 0 Å². The van der Waals surface area contributed by atoms with Crippen molar-refractivity contribution in [2.24, 2.45) is 11.7 Å². The quantitative estimate of drug-likeness (QED) is 0.807. The Hall–Kier alpha value is -1.61. The SMILES string of the molecule is C=CC1CC(=O)N(c2ccc(CN)cc2C)C1. The third-order valence-corrected chi connectivity index (χ3v) is 3.28. The Morgan fingerprint density at radius 2 is 2.35 bits per heavy atom. The van der Waals surface area contributed by atoms with E-state index in [4.69, 9.17) is 5.73 Å². The largest absolute Gasteiger partial charge is 0.326 e. The second-order valence-electron chi connectivity index (χ2n) is 4.53. The van der Waals surface area contributed by atoms with Gasteiger partial charge in [-0.05, 0) is 24.1 Å². The van der Waals surface area contributed by atoms with E-state index in [1.54, 1.807) is 0 Å². The number of aryl methyl sites for hydroxylation is 1. The molecule has 0 saturated carbocycles. The normalized spacial score (nSPS) is 19.8. The van der Waals surface area contributed by atoms with E-state index in [1.165, 1.54) is 0 Å². The Balaban J connectivity index is 2.28. The summed E-state index contributed by atoms with van der Waals surface area (Å²) in [6, 6.07) is 6.02. The van der Waals surface area contributed by atoms with Gasteiger partial charge in [-0.1, -0.05) is 18.2 Å². The lowest BCUT2D eigenvalue weighted by atomic mass is 10.1. The minimum atomic E-state index is 0.179. The summed E-state index contributed by atoms with van der Waals surface area (Å²) in [6.45, 7) is 7.05. The van der Waals surface area contributed by atoms with Crippen LogP contribution >= 0.6 is 0 Å². The maximum Gasteiger partial charge on any atom is 0.227 e. The number of hydrogen-bond acceptors (Lipinski definition) is 2. The molecule has 1 fully saturated rings. The molecule has 1 atom stereocenters. The van der Waals surface area contributed by atoms with Gasteiger partial charge in [-0.3, -0.25) is 4.79 Å². The zero-order chi connectivity index (χ0) is 12.4. The van der Waals surface area contributed by atoms with Crippen molar-refractivity contribution < 1.29 is 4.79 Å². The second-order valence-corrected chi connectivity index (χ2v) is 4.53. The number of hydrogen-bond donors (Lipinski definition) is 1. The van der Waals surface area contributed by atoms with Crippen LogP contribution in [-0.2, 0) is 11.3 Å². The predicted octanol–water partition coefficient (Wildman–Crippen LogP) is 1.99. The van der Waals surface area contributed by atoms with Crippen LogP contribution in [0.2, 0.25) is 0 Å². The zero-order valence-electron chi connectivity index (χ0n) is 10.1. The van der Waals surface area contributed by atoms with Gasteiger partial charge in [-0.2, -0.15) is 0 Å². The monoisotopic (exact) mass is 230 g/mol. The molecule has 1 saturated heterocycles. The number of amides is 1. The van der Waals surface area contributed by atoms with Crippen LogP contribution < -0.4 is 10.6 Å². The molecule has 17 heavy (non-hydrogen) atoms. The Kier molecular flexibility index (Phi) is 3.29. The van der Waals surface area contributed by atoms with Crippen LogP contribution in [0, 0.1) is 12.8 Å². The topological polar surface area (TPSA) is 46.3 Å². The number of anilines is 1. The highest BCUT2D eigenvalue weighted by molar-refractivity contribution is 5.96. The molecule has 0 bridgehead atoms. The first-order valence-electron chi connectivity index (χ1n) is 5.88. The summed E-state index contributed by atoms with van der Waals surface area (Å²) < 4.78 is 0. The molecular formula is C14H18N2O. The molecule has 1 unspecified atom stereocenters. The summed E-state index contributed by atoms with van der Waals surface area (Å²) in [5, 5.41) is 0. The van der Waals surface area contributed by atoms with Crippen molar-refractivity contribution in [2.45, 2.75) is 19.9 Å². The highest BCUT2D eigenvalue weighted by Crippen LogP contribution is 2.28. The van der Waals surface area contributed by atoms with Crippen molar-refractivity contribution >= 4 is 11.6 Å². The van der Waals surface area contributed by atoms with Crippen LogP contribution in [0.3, 0.4) is 0 Å². The van der Waals surface area contributed by atoms with Crippen molar-refractivity contribution in [1.29, 1.82) is 0 Å². The van der Waals surface area contributed by atoms with E-state index in [9.17, 15) is 4.79 Å². The lowest BCUT2D eigenvalue weighted by Crippen LogP contribution is -2.25. The van der Waals surface area contributed by atoms with Crippen LogP contribution in [0.25, 0.3) is 0 Å². The summed E-state index contributed by atoms with van der Waals surface area (Å²) in [4.78, 5) is 13.8. The Morgan fingerprint density at radius 3 is 2.88 bits per heavy atom. The van der Waals surface area contributed by atoms with Crippen molar-refractivity contribution in [3.63, 3.8) is 0 Å². The number of nitrogens with zero attached hydrogens (tertiary/aromatic N) is 1. The summed E-state index contributed by atoms with van der Waals surface area (Å²) in [7, 11) is 0. The van der Waals surface area contributed by atoms with Crippen LogP contribution in [0.15, 0.2) is 30.9 Å². The van der Waals surface area contributed by atoms with Gasteiger partial charge in [0.25, 0.3) is 0 Å². The summed E-state index contributed by atoms with van der Waals surface area (Å²) >= 11 is 0. The van der Waals surface area contributed by atoms with Gasteiger partial charge < -0.3 is 10.6 Å². The molecule has 90 valence electrons. The zero-order valence-corrected chi connectivity index (χ0v) is 10.1. The summed E-state index contributed by atoms with van der Waals surface area (Å²) in [5.41, 5.74) is 8.79. The molecular weight excluding hydrogens is 212 g/mol. The fraction of sp³-hybridized carbons (Fsp3) is 0.357. The van der Waals surface area contributed by atoms with Gasteiger partial charge in [0.15, 0.2) is 0 Å². The number of rotatable bonds is 3. The second kappa shape index (κ2) is 4.72. The van der Waals surface area contributed by atoms with Crippen molar-refractivity contribution in [3.05, 3.63) is 42.0 Å². The molecule has 1 amide bonds. The van der Waals surface area contributed by atoms with E-state index in [0.29, 0.717) is 13.0 Å². The van der Waals surface area contributed by atoms with Gasteiger partial charge in [0.05, 0.1) is 0 Å². The standard InChI is InChI=1S/C14H18N2O/c1-3-11-7-14(17)16(9-11)13-5-4-12(8-15)6-10(13)2/h3-6,11H,1,7-9,15H2,2H3. The molecule has 0 radical (unpaired) electrons. The highest BCUT2D eigenvalue weighted by Gasteiger charge is 2.29. The molecule has 1 aromatic carbocycles. The fourth-order valence-electron chi connectivity index (χ4n) is 2.27. The smallest absolute Gasteiger partial charge is 0.227 e. The van der Waals surface area contributed by atoms with Crippen LogP contribution in [0.1, 0.15) is 17.5 Å². The van der Waals surface area contributed by atoms with Gasteiger partial charge >= 0.3 is 0 Å². The average Bonchev–Trinajstić information content (AvgIpc) is 2.70. The molecule has 3 nitrogen and oxygen atoms in total. The minimum absolute atomic E-state index is 0.179. The van der Waals surface area contributed by atoms with Gasteiger partial charge in [-0.15, -0.1) is 6.58 Å². The van der Waals surface area contributed by atoms with Crippen molar-refractivity contribution in [3.8, 4) is 0 Å². The van der Waals surface area contributed by atoms with Crippen molar-refractivity contribution in [1.82, 2.24) is 0 Å². The van der Waals surface area contributed by atoms with Gasteiger partial charge in [-0.25, -0.2) is 0 Å². The maximum absolute atomic E-state index is 11.9. The van der Waals surface area contributed by atoms with Crippen LogP contribution in [0.5, 0.6) is 0 Å². The number of carbonyl (C=O) groups excluding carboxylic acids is 1. The molecule has 0 aromatic heterocycles. The first kappa shape index (κ1) is 11.9. The summed E-state index contributed by atoms with van der Waals surface area (Å²) in [5.74, 6) is 0.453. The van der Waals surface area contributed by atoms with E-state index >= 15 is 0 Å². The number of benzene rings is 1. The van der Waals surface area contributed by atoms with E-state index in [2.05, 4.69) is 6.58 Å². The molecule has 1 heterocycles. The maximum atomic E-state index is 11.9. The van der Waals surface area contributed by atoms with Crippen LogP contribution in [-0.4, -0.2) is 12.5 Å². The lowest BCUT2D eigenvalue weighted by Gasteiger charge is -2.19. The predicted molar refractivity (Wildman–Crippen MR) is 69.7 cm³/mol. The Morgan fingerprint density at radius 1 is 1.59 bits per heavy atom. The average molecular weight is 230 g/mol. The molecule has 1 aromatic rings. The molecule has 0 spiro atoms.